The lowest BCUT2D eigenvalue weighted by Crippen LogP contribution is -2.32. The zero-order chi connectivity index (χ0) is 17.0. The molecule has 0 aromatic heterocycles. The van der Waals surface area contributed by atoms with Crippen LogP contribution >= 0.6 is 0 Å². The predicted molar refractivity (Wildman–Crippen MR) is 85.3 cm³/mol. The highest BCUT2D eigenvalue weighted by atomic mass is 19.1. The molecule has 1 aromatic rings. The fourth-order valence-corrected chi connectivity index (χ4v) is 2.97. The Bertz CT molecular complexity index is 639. The first-order chi connectivity index (χ1) is 11.0. The molecule has 1 aromatic carbocycles. The van der Waals surface area contributed by atoms with Gasteiger partial charge in [-0.2, -0.15) is 0 Å². The Hall–Kier alpha value is -2.17. The predicted octanol–water partition coefficient (Wildman–Crippen LogP) is 3.69. The topological polar surface area (TPSA) is 57.6 Å². The third-order valence-electron chi connectivity index (χ3n) is 4.14. The Morgan fingerprint density at radius 3 is 2.57 bits per heavy atom. The van der Waals surface area contributed by atoms with Crippen LogP contribution in [-0.4, -0.2) is 28.2 Å². The largest absolute Gasteiger partial charge is 0.503 e. The van der Waals surface area contributed by atoms with Crippen molar-refractivity contribution >= 4 is 11.7 Å². The molecular weight excluding hydrogens is 297 g/mol. The zero-order valence-electron chi connectivity index (χ0n) is 13.5. The number of hydrogen-bond donors (Lipinski definition) is 1. The third-order valence-corrected chi connectivity index (χ3v) is 4.14. The summed E-state index contributed by atoms with van der Waals surface area (Å²) in [5.74, 6) is -2.06. The van der Waals surface area contributed by atoms with E-state index in [9.17, 15) is 19.1 Å². The first-order valence-electron chi connectivity index (χ1n) is 7.98. The van der Waals surface area contributed by atoms with Crippen LogP contribution in [0.2, 0.25) is 0 Å². The van der Waals surface area contributed by atoms with Crippen LogP contribution in [0.15, 0.2) is 35.6 Å². The number of ketones is 1. The number of benzene rings is 1. The maximum Gasteiger partial charge on any atom is 0.290 e. The van der Waals surface area contributed by atoms with Crippen LogP contribution in [-0.2, 0) is 9.59 Å². The van der Waals surface area contributed by atoms with Gasteiger partial charge in [-0.3, -0.25) is 9.59 Å². The van der Waals surface area contributed by atoms with Crippen LogP contribution in [0.4, 0.5) is 4.39 Å². The first kappa shape index (κ1) is 17.2. The molecule has 1 aliphatic rings. The van der Waals surface area contributed by atoms with Crippen molar-refractivity contribution in [2.45, 2.75) is 45.6 Å². The molecule has 1 heterocycles. The summed E-state index contributed by atoms with van der Waals surface area (Å²) >= 11 is 0. The summed E-state index contributed by atoms with van der Waals surface area (Å²) in [7, 11) is 0. The van der Waals surface area contributed by atoms with E-state index in [0.29, 0.717) is 6.54 Å². The number of carbonyl (C=O) groups is 2. The van der Waals surface area contributed by atoms with E-state index >= 15 is 0 Å². The van der Waals surface area contributed by atoms with Crippen molar-refractivity contribution in [3.05, 3.63) is 47.0 Å². The van der Waals surface area contributed by atoms with Crippen molar-refractivity contribution in [2.24, 2.45) is 0 Å². The van der Waals surface area contributed by atoms with Gasteiger partial charge in [-0.15, -0.1) is 0 Å². The van der Waals surface area contributed by atoms with Gasteiger partial charge in [-0.1, -0.05) is 44.4 Å². The summed E-state index contributed by atoms with van der Waals surface area (Å²) in [6, 6.07) is 5.21. The van der Waals surface area contributed by atoms with Crippen LogP contribution < -0.4 is 0 Å². The van der Waals surface area contributed by atoms with Gasteiger partial charge in [-0.25, -0.2) is 4.39 Å². The van der Waals surface area contributed by atoms with E-state index in [1.165, 1.54) is 17.9 Å². The third kappa shape index (κ3) is 3.44. The molecule has 1 atom stereocenters. The lowest BCUT2D eigenvalue weighted by Gasteiger charge is -2.26. The average molecular weight is 319 g/mol. The van der Waals surface area contributed by atoms with Gasteiger partial charge in [0.1, 0.15) is 5.82 Å². The van der Waals surface area contributed by atoms with E-state index < -0.39 is 29.3 Å². The van der Waals surface area contributed by atoms with Crippen molar-refractivity contribution in [1.29, 1.82) is 0 Å². The number of rotatable bonds is 7. The molecule has 0 fully saturated rings. The van der Waals surface area contributed by atoms with Crippen LogP contribution in [0.1, 0.15) is 51.1 Å². The van der Waals surface area contributed by atoms with Gasteiger partial charge in [0.15, 0.2) is 11.5 Å². The number of Topliss-reactive ketones (excluding diaryl/α,β-unsaturated/α-hetero) is 1. The molecule has 0 aliphatic carbocycles. The van der Waals surface area contributed by atoms with Gasteiger partial charge in [0.25, 0.3) is 5.91 Å². The Labute approximate surface area is 135 Å². The summed E-state index contributed by atoms with van der Waals surface area (Å²) in [4.78, 5) is 25.6. The average Bonchev–Trinajstić information content (AvgIpc) is 2.76. The van der Waals surface area contributed by atoms with E-state index in [1.54, 1.807) is 18.2 Å². The molecule has 0 saturated carbocycles. The van der Waals surface area contributed by atoms with Crippen molar-refractivity contribution in [3.8, 4) is 0 Å². The van der Waals surface area contributed by atoms with E-state index in [-0.39, 0.29) is 11.1 Å². The van der Waals surface area contributed by atoms with Crippen LogP contribution in [0.25, 0.3) is 0 Å². The molecule has 4 nitrogen and oxygen atoms in total. The summed E-state index contributed by atoms with van der Waals surface area (Å²) in [5.41, 5.74) is 0.223. The second kappa shape index (κ2) is 7.40. The molecule has 5 heteroatoms. The number of amides is 1. The number of halogens is 1. The summed E-state index contributed by atoms with van der Waals surface area (Å²) < 4.78 is 14.2. The Morgan fingerprint density at radius 2 is 1.96 bits per heavy atom. The maximum atomic E-state index is 14.2. The van der Waals surface area contributed by atoms with E-state index in [4.69, 9.17) is 0 Å². The van der Waals surface area contributed by atoms with Crippen LogP contribution in [0.5, 0.6) is 0 Å². The highest BCUT2D eigenvalue weighted by molar-refractivity contribution is 6.08. The lowest BCUT2D eigenvalue weighted by molar-refractivity contribution is -0.129. The number of nitrogens with zero attached hydrogens (tertiary/aromatic N) is 1. The monoisotopic (exact) mass is 319 g/mol. The number of aliphatic hydroxyl groups excluding tert-OH is 1. The van der Waals surface area contributed by atoms with Crippen molar-refractivity contribution in [3.63, 3.8) is 0 Å². The highest BCUT2D eigenvalue weighted by Crippen LogP contribution is 2.38. The minimum atomic E-state index is -0.845. The number of unbranched alkanes of at least 4 members (excludes halogenated alkanes) is 3. The van der Waals surface area contributed by atoms with E-state index in [0.717, 1.165) is 25.7 Å². The number of aliphatic hydroxyl groups is 1. The molecule has 23 heavy (non-hydrogen) atoms. The molecule has 1 amide bonds. The maximum absolute atomic E-state index is 14.2. The normalized spacial score (nSPS) is 18.0. The van der Waals surface area contributed by atoms with Gasteiger partial charge < -0.3 is 10.0 Å². The van der Waals surface area contributed by atoms with Gasteiger partial charge in [-0.05, 0) is 19.4 Å². The van der Waals surface area contributed by atoms with Crippen molar-refractivity contribution in [1.82, 2.24) is 4.90 Å². The van der Waals surface area contributed by atoms with E-state index in [2.05, 4.69) is 6.92 Å². The second-order valence-electron chi connectivity index (χ2n) is 5.80. The fraction of sp³-hybridized carbons (Fsp3) is 0.444. The van der Waals surface area contributed by atoms with Crippen LogP contribution in [0.3, 0.4) is 0 Å². The molecule has 0 unspecified atom stereocenters. The molecule has 1 N–H and O–H groups in total. The van der Waals surface area contributed by atoms with Gasteiger partial charge in [0.2, 0.25) is 0 Å². The SMILES string of the molecule is CCCCCCN1C(=O)C(O)=C(C(C)=O)[C@@H]1c1ccccc1F. The molecule has 1 aliphatic heterocycles. The summed E-state index contributed by atoms with van der Waals surface area (Å²) in [5, 5.41) is 10.1. The quantitative estimate of drug-likeness (QED) is 0.780. The van der Waals surface area contributed by atoms with Crippen molar-refractivity contribution < 1.29 is 19.1 Å². The molecular formula is C18H22FNO3. The minimum Gasteiger partial charge on any atom is -0.503 e. The summed E-state index contributed by atoms with van der Waals surface area (Å²) in [6.45, 7) is 3.76. The first-order valence-corrected chi connectivity index (χ1v) is 7.98. The van der Waals surface area contributed by atoms with Crippen LogP contribution in [0, 0.1) is 5.82 Å². The van der Waals surface area contributed by atoms with Gasteiger partial charge in [0.05, 0.1) is 11.6 Å². The lowest BCUT2D eigenvalue weighted by atomic mass is 9.96. The van der Waals surface area contributed by atoms with Crippen molar-refractivity contribution in [2.75, 3.05) is 6.54 Å². The molecule has 0 bridgehead atoms. The molecule has 0 spiro atoms. The smallest absolute Gasteiger partial charge is 0.290 e. The van der Waals surface area contributed by atoms with E-state index in [1.807, 2.05) is 0 Å². The second-order valence-corrected chi connectivity index (χ2v) is 5.80. The number of carbonyl (C=O) groups excluding carboxylic acids is 2. The summed E-state index contributed by atoms with van der Waals surface area (Å²) in [6.07, 6.45) is 3.81. The molecule has 0 saturated heterocycles. The molecule has 0 radical (unpaired) electrons. The fourth-order valence-electron chi connectivity index (χ4n) is 2.97. The highest BCUT2D eigenvalue weighted by Gasteiger charge is 2.42. The Balaban J connectivity index is 2.35. The Morgan fingerprint density at radius 1 is 1.26 bits per heavy atom. The van der Waals surface area contributed by atoms with Gasteiger partial charge >= 0.3 is 0 Å². The standard InChI is InChI=1S/C18H22FNO3/c1-3-4-5-8-11-20-16(13-9-6-7-10-14(13)19)15(12(2)21)17(22)18(20)23/h6-7,9-10,16,22H,3-5,8,11H2,1-2H3/t16-/m0/s1. The zero-order valence-corrected chi connectivity index (χ0v) is 13.5. The number of hydrogen-bond acceptors (Lipinski definition) is 3. The van der Waals surface area contributed by atoms with Gasteiger partial charge in [0, 0.05) is 12.1 Å². The molecule has 2 rings (SSSR count). The molecule has 124 valence electrons. The Kier molecular flexibility index (Phi) is 5.53. The minimum absolute atomic E-state index is 0.0180.